The molecule has 2 aromatic heterocycles. The van der Waals surface area contributed by atoms with E-state index in [2.05, 4.69) is 49.5 Å². The van der Waals surface area contributed by atoms with E-state index in [9.17, 15) is 0 Å². The molecule has 0 N–H and O–H groups in total. The predicted octanol–water partition coefficient (Wildman–Crippen LogP) is 2.66. The minimum absolute atomic E-state index is 0.814. The van der Waals surface area contributed by atoms with Gasteiger partial charge in [0.15, 0.2) is 0 Å². The van der Waals surface area contributed by atoms with Crippen LogP contribution in [0.4, 0.5) is 5.82 Å². The van der Waals surface area contributed by atoms with E-state index in [-0.39, 0.29) is 0 Å². The lowest BCUT2D eigenvalue weighted by molar-refractivity contribution is 0.130. The first-order valence-corrected chi connectivity index (χ1v) is 11.7. The van der Waals surface area contributed by atoms with Crippen molar-refractivity contribution in [3.63, 3.8) is 0 Å². The Bertz CT molecular complexity index is 1080. The molecule has 0 unspecified atom stereocenters. The zero-order valence-electron chi connectivity index (χ0n) is 18.4. The van der Waals surface area contributed by atoms with Gasteiger partial charge in [0, 0.05) is 63.8 Å². The highest BCUT2D eigenvalue weighted by molar-refractivity contribution is 5.82. The highest BCUT2D eigenvalue weighted by Gasteiger charge is 2.27. The number of fused-ring (bicyclic) bond motifs is 3. The van der Waals surface area contributed by atoms with Crippen LogP contribution >= 0.6 is 0 Å². The Balaban J connectivity index is 1.26. The Labute approximate surface area is 183 Å². The van der Waals surface area contributed by atoms with Gasteiger partial charge in [-0.05, 0) is 32.0 Å². The van der Waals surface area contributed by atoms with Gasteiger partial charge in [-0.3, -0.25) is 9.88 Å². The van der Waals surface area contributed by atoms with Crippen molar-refractivity contribution in [3.05, 3.63) is 36.4 Å². The number of nitrogens with zero attached hydrogens (tertiary/aromatic N) is 7. The summed E-state index contributed by atoms with van der Waals surface area (Å²) in [5, 5.41) is 0. The number of hydrogen-bond acceptors (Lipinski definition) is 6. The largest absolute Gasteiger partial charge is 0.353 e. The third kappa shape index (κ3) is 3.59. The molecule has 1 aromatic carbocycles. The van der Waals surface area contributed by atoms with Crippen LogP contribution in [0.5, 0.6) is 0 Å². The van der Waals surface area contributed by atoms with Crippen LogP contribution in [0, 0.1) is 0 Å². The first kappa shape index (κ1) is 19.2. The Morgan fingerprint density at radius 3 is 2.58 bits per heavy atom. The number of benzene rings is 1. The van der Waals surface area contributed by atoms with Gasteiger partial charge in [0.05, 0.1) is 29.1 Å². The quantitative estimate of drug-likeness (QED) is 0.653. The van der Waals surface area contributed by atoms with Crippen LogP contribution in [0.1, 0.15) is 25.1 Å². The summed E-state index contributed by atoms with van der Waals surface area (Å²) in [5.41, 5.74) is 4.35. The van der Waals surface area contributed by atoms with Crippen LogP contribution in [-0.2, 0) is 13.0 Å². The van der Waals surface area contributed by atoms with Crippen molar-refractivity contribution in [1.82, 2.24) is 29.3 Å². The van der Waals surface area contributed by atoms with Gasteiger partial charge in [-0.1, -0.05) is 12.5 Å². The lowest BCUT2D eigenvalue weighted by atomic mass is 9.91. The molecular formula is C24H31N7. The number of piperazine rings is 1. The molecule has 0 spiro atoms. The molecule has 7 nitrogen and oxygen atoms in total. The zero-order chi connectivity index (χ0) is 20.8. The molecule has 31 heavy (non-hydrogen) atoms. The minimum atomic E-state index is 0.814. The van der Waals surface area contributed by atoms with Crippen molar-refractivity contribution < 1.29 is 0 Å². The van der Waals surface area contributed by atoms with Gasteiger partial charge in [0.1, 0.15) is 11.6 Å². The van der Waals surface area contributed by atoms with Crippen molar-refractivity contribution in [2.75, 3.05) is 51.2 Å². The van der Waals surface area contributed by atoms with Crippen LogP contribution in [0.25, 0.3) is 22.3 Å². The minimum Gasteiger partial charge on any atom is -0.353 e. The smallest absolute Gasteiger partial charge is 0.147 e. The van der Waals surface area contributed by atoms with Crippen LogP contribution < -0.4 is 4.90 Å². The zero-order valence-corrected chi connectivity index (χ0v) is 18.4. The number of anilines is 1. The number of hydrogen-bond donors (Lipinski definition) is 0. The van der Waals surface area contributed by atoms with Crippen LogP contribution in [0.15, 0.2) is 30.6 Å². The van der Waals surface area contributed by atoms with Gasteiger partial charge in [-0.2, -0.15) is 0 Å². The summed E-state index contributed by atoms with van der Waals surface area (Å²) < 4.78 is 2.43. The molecule has 0 amide bonds. The molecule has 0 radical (unpaired) electrons. The maximum Gasteiger partial charge on any atom is 0.147 e. The highest BCUT2D eigenvalue weighted by Crippen LogP contribution is 2.29. The Morgan fingerprint density at radius 1 is 0.903 bits per heavy atom. The van der Waals surface area contributed by atoms with Crippen molar-refractivity contribution in [2.24, 2.45) is 0 Å². The average Bonchev–Trinajstić information content (AvgIpc) is 2.99. The van der Waals surface area contributed by atoms with E-state index in [1.165, 1.54) is 30.6 Å². The van der Waals surface area contributed by atoms with E-state index in [4.69, 9.17) is 9.97 Å². The van der Waals surface area contributed by atoms with E-state index < -0.39 is 0 Å². The Hall–Kier alpha value is -2.51. The lowest BCUT2D eigenvalue weighted by Gasteiger charge is -2.36. The molecule has 3 aliphatic rings. The molecule has 0 bridgehead atoms. The fraction of sp³-hybridized carbons (Fsp3) is 0.542. The van der Waals surface area contributed by atoms with E-state index in [0.29, 0.717) is 0 Å². The second-order valence-electron chi connectivity index (χ2n) is 9.31. The molecule has 1 saturated heterocycles. The van der Waals surface area contributed by atoms with Crippen molar-refractivity contribution in [1.29, 1.82) is 0 Å². The van der Waals surface area contributed by atoms with E-state index >= 15 is 0 Å². The second-order valence-corrected chi connectivity index (χ2v) is 9.31. The maximum absolute atomic E-state index is 5.03. The summed E-state index contributed by atoms with van der Waals surface area (Å²) in [6, 6.07) is 7.42. The van der Waals surface area contributed by atoms with Gasteiger partial charge in [-0.15, -0.1) is 0 Å². The number of rotatable bonds is 3. The Morgan fingerprint density at radius 2 is 1.77 bits per heavy atom. The van der Waals surface area contributed by atoms with Crippen molar-refractivity contribution in [2.45, 2.75) is 38.3 Å². The van der Waals surface area contributed by atoms with Crippen LogP contribution in [-0.4, -0.2) is 81.7 Å². The lowest BCUT2D eigenvalue weighted by Crippen LogP contribution is -2.44. The first-order chi connectivity index (χ1) is 15.2. The first-order valence-electron chi connectivity index (χ1n) is 11.7. The summed E-state index contributed by atoms with van der Waals surface area (Å²) in [7, 11) is 2.17. The molecule has 2 fully saturated rings. The fourth-order valence-corrected chi connectivity index (χ4v) is 5.16. The average molecular weight is 418 g/mol. The summed E-state index contributed by atoms with van der Waals surface area (Å²) in [6.07, 6.45) is 8.95. The topological polar surface area (TPSA) is 53.3 Å². The van der Waals surface area contributed by atoms with Gasteiger partial charge >= 0.3 is 0 Å². The molecule has 4 heterocycles. The normalized spacial score (nSPS) is 21.1. The Kier molecular flexibility index (Phi) is 4.88. The number of likely N-dealkylation sites (N-methyl/N-ethyl adjacent to an activating group) is 1. The van der Waals surface area contributed by atoms with Gasteiger partial charge in [0.2, 0.25) is 0 Å². The number of aromatic nitrogens is 4. The molecule has 1 saturated carbocycles. The molecule has 162 valence electrons. The summed E-state index contributed by atoms with van der Waals surface area (Å²) in [4.78, 5) is 21.8. The van der Waals surface area contributed by atoms with E-state index in [1.807, 2.05) is 12.4 Å². The SMILES string of the molecule is CN1CCN(c2cncc(-c3ccc4c(c3)nc3n4CCN(C4CCC4)CC3)n2)CC1. The standard InChI is InChI=1S/C24H31N7/c1-28-9-11-30(12-10-28)24-17-25-16-21(27-24)18-5-6-22-20(15-18)26-23-7-8-29(13-14-31(22)23)19-3-2-4-19/h5-6,15-17,19H,2-4,7-14H2,1H3. The number of imidazole rings is 1. The summed E-state index contributed by atoms with van der Waals surface area (Å²) in [5.74, 6) is 2.20. The maximum atomic E-state index is 5.03. The molecule has 0 atom stereocenters. The van der Waals surface area contributed by atoms with Gasteiger partial charge in [0.25, 0.3) is 0 Å². The van der Waals surface area contributed by atoms with E-state index in [1.54, 1.807) is 0 Å². The highest BCUT2D eigenvalue weighted by atomic mass is 15.3. The molecule has 2 aliphatic heterocycles. The molecule has 7 heteroatoms. The van der Waals surface area contributed by atoms with Gasteiger partial charge < -0.3 is 14.4 Å². The predicted molar refractivity (Wildman–Crippen MR) is 123 cm³/mol. The van der Waals surface area contributed by atoms with Crippen molar-refractivity contribution in [3.8, 4) is 11.3 Å². The fourth-order valence-electron chi connectivity index (χ4n) is 5.16. The second kappa shape index (κ2) is 7.88. The molecular weight excluding hydrogens is 386 g/mol. The van der Waals surface area contributed by atoms with Crippen LogP contribution in [0.2, 0.25) is 0 Å². The third-order valence-corrected chi connectivity index (χ3v) is 7.40. The molecule has 3 aromatic rings. The summed E-state index contributed by atoms with van der Waals surface area (Å²) in [6.45, 7) is 7.45. The van der Waals surface area contributed by atoms with Crippen molar-refractivity contribution >= 4 is 16.9 Å². The monoisotopic (exact) mass is 417 g/mol. The molecule has 6 rings (SSSR count). The van der Waals surface area contributed by atoms with Gasteiger partial charge in [-0.25, -0.2) is 9.97 Å². The van der Waals surface area contributed by atoms with Crippen LogP contribution in [0.3, 0.4) is 0 Å². The third-order valence-electron chi connectivity index (χ3n) is 7.40. The molecule has 1 aliphatic carbocycles. The van der Waals surface area contributed by atoms with E-state index in [0.717, 1.165) is 80.9 Å². The summed E-state index contributed by atoms with van der Waals surface area (Å²) >= 11 is 0.